The minimum Gasteiger partial charge on any atom is -0.616 e. The van der Waals surface area contributed by atoms with E-state index in [-0.39, 0.29) is 17.5 Å². The molecular formula is C34H33N7O3S. The molecule has 2 aromatic heterocycles. The monoisotopic (exact) mass is 619 g/mol. The second kappa shape index (κ2) is 14.2. The molecule has 0 radical (unpaired) electrons. The lowest BCUT2D eigenvalue weighted by Crippen LogP contribution is -2.47. The fraction of sp³-hybridized carbons (Fsp3) is 0.206. The van der Waals surface area contributed by atoms with Crippen LogP contribution in [0.4, 0.5) is 17.7 Å². The van der Waals surface area contributed by atoms with Gasteiger partial charge in [-0.2, -0.15) is 15.0 Å². The first-order valence-corrected chi connectivity index (χ1v) is 16.2. The average molecular weight is 620 g/mol. The van der Waals surface area contributed by atoms with Gasteiger partial charge in [-0.25, -0.2) is 9.78 Å². The predicted molar refractivity (Wildman–Crippen MR) is 178 cm³/mol. The summed E-state index contributed by atoms with van der Waals surface area (Å²) in [6.45, 7) is 2.75. The van der Waals surface area contributed by atoms with Gasteiger partial charge in [0.05, 0.1) is 0 Å². The molecule has 2 N–H and O–H groups in total. The van der Waals surface area contributed by atoms with Crippen LogP contribution in [0.15, 0.2) is 109 Å². The van der Waals surface area contributed by atoms with Crippen LogP contribution in [0.25, 0.3) is 22.5 Å². The van der Waals surface area contributed by atoms with Gasteiger partial charge in [0.15, 0.2) is 11.9 Å². The second-order valence-electron chi connectivity index (χ2n) is 10.7. The first-order valence-electron chi connectivity index (χ1n) is 14.7. The molecule has 10 nitrogen and oxygen atoms in total. The van der Waals surface area contributed by atoms with Crippen molar-refractivity contribution in [1.29, 1.82) is 0 Å². The molecule has 11 heteroatoms. The Hall–Kier alpha value is -5.00. The molecule has 0 bridgehead atoms. The first kappa shape index (κ1) is 30.0. The molecule has 0 spiro atoms. The van der Waals surface area contributed by atoms with Crippen molar-refractivity contribution in [2.75, 3.05) is 47.0 Å². The van der Waals surface area contributed by atoms with E-state index in [4.69, 9.17) is 4.98 Å². The van der Waals surface area contributed by atoms with E-state index >= 15 is 0 Å². The maximum Gasteiger partial charge on any atom is 0.331 e. The summed E-state index contributed by atoms with van der Waals surface area (Å²) >= 11 is -1.43. The molecule has 228 valence electrons. The number of benzene rings is 3. The molecule has 5 aromatic rings. The number of hydrogen-bond donors (Lipinski definition) is 2. The van der Waals surface area contributed by atoms with Gasteiger partial charge in [0.1, 0.15) is 17.3 Å². The number of nitrogens with zero attached hydrogens (tertiary/aromatic N) is 6. The Bertz CT molecular complexity index is 1690. The standard InChI is InChI=1S/C34H33N7O3S/c42-32(43)29(24-45(44)23-25-9-3-1-4-10-25)36-33-37-31(28-16-14-27(15-17-28)26-11-5-2-6-12-26)38-34(39-33)41-21-19-40(20-22-41)30-13-7-8-18-35-30/h1-18,29H,19-24H2,(H,42,43)(H,36,37,38,39)/t29-,45?/m0/s1. The van der Waals surface area contributed by atoms with E-state index in [2.05, 4.69) is 42.2 Å². The lowest BCUT2D eigenvalue weighted by molar-refractivity contribution is -0.137. The van der Waals surface area contributed by atoms with Crippen molar-refractivity contribution in [2.24, 2.45) is 0 Å². The number of carboxylic acid groups (broad SMARTS) is 1. The van der Waals surface area contributed by atoms with Gasteiger partial charge in [0.25, 0.3) is 0 Å². The smallest absolute Gasteiger partial charge is 0.331 e. The normalized spacial score (nSPS) is 14.5. The molecule has 1 unspecified atom stereocenters. The minimum absolute atomic E-state index is 0.102. The van der Waals surface area contributed by atoms with Crippen molar-refractivity contribution in [2.45, 2.75) is 11.8 Å². The highest BCUT2D eigenvalue weighted by Crippen LogP contribution is 2.26. The molecule has 1 fully saturated rings. The van der Waals surface area contributed by atoms with Gasteiger partial charge in [0.2, 0.25) is 11.9 Å². The highest BCUT2D eigenvalue weighted by atomic mass is 32.2. The molecule has 1 aliphatic heterocycles. The van der Waals surface area contributed by atoms with E-state index in [1.807, 2.05) is 91.0 Å². The van der Waals surface area contributed by atoms with Crippen molar-refractivity contribution in [3.63, 3.8) is 0 Å². The lowest BCUT2D eigenvalue weighted by Gasteiger charge is -2.35. The quantitative estimate of drug-likeness (QED) is 0.200. The Morgan fingerprint density at radius 3 is 2.07 bits per heavy atom. The molecular weight excluding hydrogens is 586 g/mol. The highest BCUT2D eigenvalue weighted by Gasteiger charge is 2.27. The predicted octanol–water partition coefficient (Wildman–Crippen LogP) is 4.74. The van der Waals surface area contributed by atoms with Crippen molar-refractivity contribution in [1.82, 2.24) is 19.9 Å². The summed E-state index contributed by atoms with van der Waals surface area (Å²) in [5, 5.41) is 13.0. The SMILES string of the molecule is O=C(O)[C@H](C[S+]([O-])Cc1ccccc1)Nc1nc(-c2ccc(-c3ccccc3)cc2)nc(N2CCN(c3ccccn3)CC2)n1. The van der Waals surface area contributed by atoms with Gasteiger partial charge in [0, 0.05) is 43.5 Å². The maximum atomic E-state index is 13.0. The molecule has 3 aromatic carbocycles. The summed E-state index contributed by atoms with van der Waals surface area (Å²) in [6, 6.07) is 32.1. The number of aromatic nitrogens is 4. The molecule has 0 saturated carbocycles. The zero-order valence-corrected chi connectivity index (χ0v) is 25.4. The number of carboxylic acids is 1. The Kier molecular flexibility index (Phi) is 9.47. The van der Waals surface area contributed by atoms with E-state index in [1.165, 1.54) is 0 Å². The lowest BCUT2D eigenvalue weighted by atomic mass is 10.0. The highest BCUT2D eigenvalue weighted by molar-refractivity contribution is 7.90. The largest absolute Gasteiger partial charge is 0.616 e. The van der Waals surface area contributed by atoms with Crippen molar-refractivity contribution in [3.05, 3.63) is 115 Å². The molecule has 0 aliphatic carbocycles. The van der Waals surface area contributed by atoms with Gasteiger partial charge >= 0.3 is 5.97 Å². The summed E-state index contributed by atoms with van der Waals surface area (Å²) in [4.78, 5) is 35.1. The summed E-state index contributed by atoms with van der Waals surface area (Å²) in [5.74, 6) is 0.939. The van der Waals surface area contributed by atoms with Crippen molar-refractivity contribution < 1.29 is 14.5 Å². The minimum atomic E-state index is -1.43. The molecule has 1 aliphatic rings. The van der Waals surface area contributed by atoms with Crippen molar-refractivity contribution in [3.8, 4) is 22.5 Å². The van der Waals surface area contributed by atoms with E-state index in [0.717, 1.165) is 41.2 Å². The van der Waals surface area contributed by atoms with Crippen LogP contribution in [0, 0.1) is 0 Å². The van der Waals surface area contributed by atoms with Gasteiger partial charge < -0.3 is 24.8 Å². The molecule has 6 rings (SSSR count). The fourth-order valence-electron chi connectivity index (χ4n) is 5.15. The summed E-state index contributed by atoms with van der Waals surface area (Å²) in [7, 11) is 0. The van der Waals surface area contributed by atoms with E-state index in [0.29, 0.717) is 24.9 Å². The molecule has 3 heterocycles. The van der Waals surface area contributed by atoms with Crippen LogP contribution in [0.3, 0.4) is 0 Å². The van der Waals surface area contributed by atoms with E-state index < -0.39 is 23.2 Å². The summed E-state index contributed by atoms with van der Waals surface area (Å²) in [5.41, 5.74) is 3.81. The van der Waals surface area contributed by atoms with Crippen LogP contribution >= 0.6 is 0 Å². The first-order chi connectivity index (χ1) is 22.0. The third kappa shape index (κ3) is 7.75. The van der Waals surface area contributed by atoms with Gasteiger partial charge in [-0.3, -0.25) is 0 Å². The number of carbonyl (C=O) groups is 1. The number of rotatable bonds is 11. The van der Waals surface area contributed by atoms with Crippen LogP contribution in [0.1, 0.15) is 5.56 Å². The molecule has 2 atom stereocenters. The van der Waals surface area contributed by atoms with Crippen LogP contribution in [0.5, 0.6) is 0 Å². The third-order valence-corrected chi connectivity index (χ3v) is 8.89. The fourth-order valence-corrected chi connectivity index (χ4v) is 6.43. The number of piperazine rings is 1. The van der Waals surface area contributed by atoms with Gasteiger partial charge in [-0.05, 0) is 34.4 Å². The van der Waals surface area contributed by atoms with Crippen LogP contribution in [-0.2, 0) is 21.7 Å². The number of anilines is 3. The van der Waals surface area contributed by atoms with Crippen LogP contribution < -0.4 is 15.1 Å². The number of pyridine rings is 1. The summed E-state index contributed by atoms with van der Waals surface area (Å²) in [6.07, 6.45) is 1.78. The number of aliphatic carboxylic acids is 1. The van der Waals surface area contributed by atoms with Crippen molar-refractivity contribution >= 4 is 34.9 Å². The van der Waals surface area contributed by atoms with Crippen LogP contribution in [0.2, 0.25) is 0 Å². The Balaban J connectivity index is 1.25. The maximum absolute atomic E-state index is 13.0. The third-order valence-electron chi connectivity index (χ3n) is 7.53. The molecule has 0 amide bonds. The molecule has 1 saturated heterocycles. The number of hydrogen-bond acceptors (Lipinski definition) is 9. The second-order valence-corrected chi connectivity index (χ2v) is 12.2. The van der Waals surface area contributed by atoms with Gasteiger partial charge in [-0.1, -0.05) is 91.0 Å². The molecule has 45 heavy (non-hydrogen) atoms. The van der Waals surface area contributed by atoms with Crippen LogP contribution in [-0.4, -0.2) is 73.5 Å². The summed E-state index contributed by atoms with van der Waals surface area (Å²) < 4.78 is 13.0. The zero-order chi connectivity index (χ0) is 31.0. The Labute approximate surface area is 265 Å². The Morgan fingerprint density at radius 2 is 1.40 bits per heavy atom. The Morgan fingerprint density at radius 1 is 0.778 bits per heavy atom. The number of nitrogens with one attached hydrogen (secondary N) is 1. The van der Waals surface area contributed by atoms with Gasteiger partial charge in [-0.15, -0.1) is 0 Å². The van der Waals surface area contributed by atoms with E-state index in [9.17, 15) is 14.5 Å². The topological polar surface area (TPSA) is 130 Å². The van der Waals surface area contributed by atoms with E-state index in [1.54, 1.807) is 6.20 Å². The average Bonchev–Trinajstić information content (AvgIpc) is 3.09. The zero-order valence-electron chi connectivity index (χ0n) is 24.6.